The molecule has 0 bridgehead atoms. The normalized spacial score (nSPS) is 8.00. The van der Waals surface area contributed by atoms with Gasteiger partial charge in [0.05, 0.1) is 0 Å². The third-order valence-corrected chi connectivity index (χ3v) is 0.926. The van der Waals surface area contributed by atoms with Gasteiger partial charge >= 0.3 is 0 Å². The molecule has 0 aromatic rings. The molecule has 40 valence electrons. The van der Waals surface area contributed by atoms with E-state index in [0.29, 0.717) is 0 Å². The molecule has 3 heteroatoms. The first kappa shape index (κ1) is 9.72. The quantitative estimate of drug-likeness (QED) is 0.481. The van der Waals surface area contributed by atoms with Crippen molar-refractivity contribution in [3.8, 4) is 0 Å². The van der Waals surface area contributed by atoms with E-state index in [9.17, 15) is 0 Å². The van der Waals surface area contributed by atoms with Crippen molar-refractivity contribution in [2.24, 2.45) is 0 Å². The van der Waals surface area contributed by atoms with Crippen LogP contribution in [0.3, 0.4) is 0 Å². The van der Waals surface area contributed by atoms with Crippen molar-refractivity contribution < 1.29 is 4.70 Å². The van der Waals surface area contributed by atoms with E-state index in [4.69, 9.17) is 23.2 Å². The summed E-state index contributed by atoms with van der Waals surface area (Å²) in [6, 6.07) is 0. The molecule has 0 aliphatic carbocycles. The number of rotatable bonds is 1. The Balaban J connectivity index is 0. The molecule has 0 atom stereocenters. The van der Waals surface area contributed by atoms with Gasteiger partial charge in [0.2, 0.25) is 0 Å². The first-order valence-corrected chi connectivity index (χ1v) is 2.42. The van der Waals surface area contributed by atoms with Gasteiger partial charge in [0, 0.05) is 0 Å². The van der Waals surface area contributed by atoms with E-state index in [-0.39, 0.29) is 9.54 Å². The third-order valence-electron chi connectivity index (χ3n) is 0.309. The molecular formula is C3H7Cl2F. The van der Waals surface area contributed by atoms with E-state index in [2.05, 4.69) is 0 Å². The number of hydrogen-bond donors (Lipinski definition) is 0. The van der Waals surface area contributed by atoms with E-state index in [0.717, 1.165) is 6.42 Å². The molecule has 0 heterocycles. The Labute approximate surface area is 46.8 Å². The molecule has 0 amide bonds. The van der Waals surface area contributed by atoms with Crippen LogP contribution in [0.5, 0.6) is 0 Å². The zero-order valence-electron chi connectivity index (χ0n) is 3.45. The Morgan fingerprint density at radius 3 is 1.67 bits per heavy atom. The van der Waals surface area contributed by atoms with Crippen LogP contribution < -0.4 is 0 Å². The zero-order valence-corrected chi connectivity index (χ0v) is 4.96. The van der Waals surface area contributed by atoms with Crippen LogP contribution in [-0.4, -0.2) is 4.84 Å². The van der Waals surface area contributed by atoms with Crippen molar-refractivity contribution >= 4 is 23.2 Å². The molecule has 6 heavy (non-hydrogen) atoms. The van der Waals surface area contributed by atoms with Gasteiger partial charge in [-0.25, -0.2) is 0 Å². The smallest absolute Gasteiger partial charge is 0.107 e. The van der Waals surface area contributed by atoms with Gasteiger partial charge in [0.1, 0.15) is 4.84 Å². The molecule has 0 unspecified atom stereocenters. The molecule has 0 aliphatic heterocycles. The van der Waals surface area contributed by atoms with Crippen LogP contribution in [0.4, 0.5) is 4.70 Å². The minimum Gasteiger partial charge on any atom is -0.269 e. The molecule has 0 aliphatic rings. The molecule has 0 rings (SSSR count). The lowest BCUT2D eigenvalue weighted by Crippen LogP contribution is -1.75. The topological polar surface area (TPSA) is 0 Å². The summed E-state index contributed by atoms with van der Waals surface area (Å²) in [5.41, 5.74) is 0. The Morgan fingerprint density at radius 1 is 1.50 bits per heavy atom. The van der Waals surface area contributed by atoms with Crippen molar-refractivity contribution in [2.75, 3.05) is 0 Å². The van der Waals surface area contributed by atoms with Gasteiger partial charge in [-0.3, -0.25) is 4.70 Å². The highest BCUT2D eigenvalue weighted by atomic mass is 35.5. The van der Waals surface area contributed by atoms with E-state index in [1.54, 1.807) is 0 Å². The molecule has 0 spiro atoms. The zero-order chi connectivity index (χ0) is 4.28. The van der Waals surface area contributed by atoms with Crippen molar-refractivity contribution in [3.05, 3.63) is 0 Å². The van der Waals surface area contributed by atoms with Gasteiger partial charge in [0.15, 0.2) is 0 Å². The first-order valence-electron chi connectivity index (χ1n) is 1.55. The second kappa shape index (κ2) is 5.51. The van der Waals surface area contributed by atoms with Gasteiger partial charge in [-0.1, -0.05) is 6.92 Å². The van der Waals surface area contributed by atoms with E-state index >= 15 is 0 Å². The molecule has 0 fully saturated rings. The highest BCUT2D eigenvalue weighted by Crippen LogP contribution is 2.03. The summed E-state index contributed by atoms with van der Waals surface area (Å²) >= 11 is 10.5. The van der Waals surface area contributed by atoms with E-state index in [1.165, 1.54) is 0 Å². The van der Waals surface area contributed by atoms with E-state index in [1.807, 2.05) is 6.92 Å². The Hall–Kier alpha value is 0.510. The minimum absolute atomic E-state index is 0. The summed E-state index contributed by atoms with van der Waals surface area (Å²) in [6.45, 7) is 1.94. The molecule has 0 N–H and O–H groups in total. The summed E-state index contributed by atoms with van der Waals surface area (Å²) < 4.78 is 0. The number of halogens is 3. The van der Waals surface area contributed by atoms with Crippen molar-refractivity contribution in [2.45, 2.75) is 18.2 Å². The van der Waals surface area contributed by atoms with Crippen LogP contribution in [0, 0.1) is 0 Å². The Morgan fingerprint density at radius 2 is 1.67 bits per heavy atom. The van der Waals surface area contributed by atoms with Gasteiger partial charge in [-0.05, 0) is 6.42 Å². The lowest BCUT2D eigenvalue weighted by Gasteiger charge is -1.84. The Bertz CT molecular complexity index is 22.8. The highest BCUT2D eigenvalue weighted by molar-refractivity contribution is 6.44. The van der Waals surface area contributed by atoms with Crippen LogP contribution in [0.25, 0.3) is 0 Å². The van der Waals surface area contributed by atoms with E-state index < -0.39 is 0 Å². The van der Waals surface area contributed by atoms with Gasteiger partial charge < -0.3 is 0 Å². The molecule has 0 aromatic heterocycles. The summed E-state index contributed by atoms with van der Waals surface area (Å²) in [7, 11) is 0. The second-order valence-corrected chi connectivity index (χ2v) is 2.08. The predicted octanol–water partition coefficient (Wildman–Crippen LogP) is 2.35. The van der Waals surface area contributed by atoms with Gasteiger partial charge in [0.25, 0.3) is 0 Å². The molecule has 0 nitrogen and oxygen atoms in total. The van der Waals surface area contributed by atoms with Crippen molar-refractivity contribution in [1.29, 1.82) is 0 Å². The fourth-order valence-corrected chi connectivity index (χ4v) is 0. The molecule has 0 aromatic carbocycles. The number of alkyl halides is 2. The molecular weight excluding hydrogens is 126 g/mol. The van der Waals surface area contributed by atoms with Gasteiger partial charge in [-0.15, -0.1) is 23.2 Å². The molecule has 0 saturated carbocycles. The van der Waals surface area contributed by atoms with Crippen LogP contribution >= 0.6 is 23.2 Å². The minimum atomic E-state index is -0.171. The third kappa shape index (κ3) is 8.82. The number of hydrogen-bond acceptors (Lipinski definition) is 0. The van der Waals surface area contributed by atoms with Crippen LogP contribution in [0.2, 0.25) is 0 Å². The lowest BCUT2D eigenvalue weighted by atomic mass is 10.6. The second-order valence-electron chi connectivity index (χ2n) is 0.799. The molecule has 0 radical (unpaired) electrons. The summed E-state index contributed by atoms with van der Waals surface area (Å²) in [5.74, 6) is 0. The summed E-state index contributed by atoms with van der Waals surface area (Å²) in [4.78, 5) is -0.171. The standard InChI is InChI=1S/C3H6Cl2.FH/c1-2-3(4)5;/h3H,2H2,1H3;1H. The maximum atomic E-state index is 5.23. The predicted molar refractivity (Wildman–Crippen MR) is 28.3 cm³/mol. The van der Waals surface area contributed by atoms with Crippen molar-refractivity contribution in [3.63, 3.8) is 0 Å². The van der Waals surface area contributed by atoms with Crippen molar-refractivity contribution in [1.82, 2.24) is 0 Å². The van der Waals surface area contributed by atoms with Crippen LogP contribution in [-0.2, 0) is 0 Å². The SMILES string of the molecule is CCC(Cl)Cl.F. The monoisotopic (exact) mass is 132 g/mol. The molecule has 0 saturated heterocycles. The largest absolute Gasteiger partial charge is 0.269 e. The highest BCUT2D eigenvalue weighted by Gasteiger charge is 1.86. The van der Waals surface area contributed by atoms with Crippen LogP contribution in [0.15, 0.2) is 0 Å². The average molecular weight is 133 g/mol. The average Bonchev–Trinajstić information content (AvgIpc) is 1.38. The summed E-state index contributed by atoms with van der Waals surface area (Å²) in [6.07, 6.45) is 0.836. The summed E-state index contributed by atoms with van der Waals surface area (Å²) in [5, 5.41) is 0. The lowest BCUT2D eigenvalue weighted by molar-refractivity contribution is 1.04. The Kier molecular flexibility index (Phi) is 8.92. The maximum Gasteiger partial charge on any atom is 0.107 e. The van der Waals surface area contributed by atoms with Crippen LogP contribution in [0.1, 0.15) is 13.3 Å². The maximum absolute atomic E-state index is 5.23. The van der Waals surface area contributed by atoms with Gasteiger partial charge in [-0.2, -0.15) is 0 Å². The fraction of sp³-hybridized carbons (Fsp3) is 1.00. The first-order chi connectivity index (χ1) is 2.27. The fourth-order valence-electron chi connectivity index (χ4n) is 0.